The first-order valence-corrected chi connectivity index (χ1v) is 5.76. The first-order valence-electron chi connectivity index (χ1n) is 5.76. The Morgan fingerprint density at radius 1 is 1.21 bits per heavy atom. The maximum Gasteiger partial charge on any atom is 0.451 e. The van der Waals surface area contributed by atoms with Crippen molar-refractivity contribution in [2.45, 2.75) is 25.1 Å². The lowest BCUT2D eigenvalue weighted by Gasteiger charge is -2.24. The second kappa shape index (κ2) is 5.57. The molecule has 1 aliphatic rings. The Morgan fingerprint density at radius 2 is 1.84 bits per heavy atom. The zero-order valence-corrected chi connectivity index (χ0v) is 10.00. The molecule has 0 bridgehead atoms. The maximum absolute atomic E-state index is 12.6. The van der Waals surface area contributed by atoms with Crippen molar-refractivity contribution < 1.29 is 17.9 Å². The number of alkyl halides is 3. The Hall–Kier alpha value is -1.61. The third-order valence-electron chi connectivity index (χ3n) is 2.70. The molecule has 1 aliphatic heterocycles. The van der Waals surface area contributed by atoms with E-state index < -0.39 is 12.0 Å². The molecule has 2 rings (SSSR count). The van der Waals surface area contributed by atoms with Gasteiger partial charge in [0, 0.05) is 25.3 Å². The quantitative estimate of drug-likeness (QED) is 0.571. The summed E-state index contributed by atoms with van der Waals surface area (Å²) in [6, 6.07) is 1.38. The predicted molar refractivity (Wildman–Crippen MR) is 62.3 cm³/mol. The summed E-state index contributed by atoms with van der Waals surface area (Å²) >= 11 is 0. The summed E-state index contributed by atoms with van der Waals surface area (Å²) < 4.78 is 43.0. The summed E-state index contributed by atoms with van der Waals surface area (Å²) in [5.41, 5.74) is 2.10. The fraction of sp³-hybridized carbons (Fsp3) is 0.600. The molecule has 9 heteroatoms. The molecule has 0 saturated carbocycles. The highest BCUT2D eigenvalue weighted by molar-refractivity contribution is 5.47. The summed E-state index contributed by atoms with van der Waals surface area (Å²) in [5.74, 6) is 3.90. The van der Waals surface area contributed by atoms with Gasteiger partial charge in [0.2, 0.25) is 5.82 Å². The van der Waals surface area contributed by atoms with Crippen LogP contribution >= 0.6 is 0 Å². The van der Waals surface area contributed by atoms with Crippen molar-refractivity contribution in [3.63, 3.8) is 0 Å². The Balaban J connectivity index is 2.19. The normalized spacial score (nSPS) is 17.3. The second-order valence-electron chi connectivity index (χ2n) is 4.14. The molecule has 0 unspecified atom stereocenters. The largest absolute Gasteiger partial charge is 0.451 e. The van der Waals surface area contributed by atoms with Gasteiger partial charge in [0.15, 0.2) is 0 Å². The zero-order chi connectivity index (χ0) is 13.9. The molecular formula is C10H14F3N5O. The number of nitrogens with zero attached hydrogens (tertiary/aromatic N) is 2. The maximum atomic E-state index is 12.6. The van der Waals surface area contributed by atoms with Gasteiger partial charge in [0.25, 0.3) is 0 Å². The van der Waals surface area contributed by atoms with Crippen LogP contribution in [0.25, 0.3) is 0 Å². The second-order valence-corrected chi connectivity index (χ2v) is 4.14. The van der Waals surface area contributed by atoms with Gasteiger partial charge in [-0.1, -0.05) is 0 Å². The predicted octanol–water partition coefficient (Wildman–Crippen LogP) is 1.37. The first-order chi connectivity index (χ1) is 8.99. The van der Waals surface area contributed by atoms with Crippen LogP contribution < -0.4 is 16.6 Å². The number of nitrogens with two attached hydrogens (primary N) is 1. The van der Waals surface area contributed by atoms with Crippen molar-refractivity contribution in [3.8, 4) is 0 Å². The summed E-state index contributed by atoms with van der Waals surface area (Å²) in [6.07, 6.45) is -3.17. The van der Waals surface area contributed by atoms with Crippen molar-refractivity contribution in [1.82, 2.24) is 9.97 Å². The first kappa shape index (κ1) is 13.8. The third-order valence-corrected chi connectivity index (χ3v) is 2.70. The van der Waals surface area contributed by atoms with Crippen LogP contribution in [-0.4, -0.2) is 29.2 Å². The minimum Gasteiger partial charge on any atom is -0.381 e. The molecule has 4 N–H and O–H groups in total. The van der Waals surface area contributed by atoms with E-state index in [0.717, 1.165) is 12.8 Å². The lowest BCUT2D eigenvalue weighted by atomic mass is 10.1. The standard InChI is InChI=1S/C10H14F3N5O/c11-10(12,13)9-16-7(5-8(17-9)18-14)15-6-1-3-19-4-2-6/h5-6H,1-4,14H2,(H2,15,16,17,18). The van der Waals surface area contributed by atoms with Gasteiger partial charge in [-0.25, -0.2) is 15.8 Å². The highest BCUT2D eigenvalue weighted by Gasteiger charge is 2.35. The number of aromatic nitrogens is 2. The van der Waals surface area contributed by atoms with Crippen molar-refractivity contribution in [1.29, 1.82) is 0 Å². The molecule has 0 amide bonds. The van der Waals surface area contributed by atoms with E-state index in [1.165, 1.54) is 6.07 Å². The molecule has 0 aromatic carbocycles. The SMILES string of the molecule is NNc1cc(NC2CCOCC2)nc(C(F)(F)F)n1. The molecule has 0 radical (unpaired) electrons. The number of hydrogen-bond donors (Lipinski definition) is 3. The molecular weight excluding hydrogens is 263 g/mol. The number of hydrazine groups is 1. The average molecular weight is 277 g/mol. The smallest absolute Gasteiger partial charge is 0.381 e. The number of nitrogen functional groups attached to an aromatic ring is 1. The van der Waals surface area contributed by atoms with Crippen LogP contribution in [0.1, 0.15) is 18.7 Å². The summed E-state index contributed by atoms with van der Waals surface area (Å²) in [7, 11) is 0. The Labute approximate surface area is 107 Å². The van der Waals surface area contributed by atoms with Gasteiger partial charge >= 0.3 is 6.18 Å². The third kappa shape index (κ3) is 3.67. The molecule has 6 nitrogen and oxygen atoms in total. The lowest BCUT2D eigenvalue weighted by Crippen LogP contribution is -2.29. The lowest BCUT2D eigenvalue weighted by molar-refractivity contribution is -0.144. The number of hydrogen-bond acceptors (Lipinski definition) is 6. The van der Waals surface area contributed by atoms with Crippen LogP contribution in [0.15, 0.2) is 6.07 Å². The number of rotatable bonds is 3. The Kier molecular flexibility index (Phi) is 4.05. The number of nitrogens with one attached hydrogen (secondary N) is 2. The molecule has 1 saturated heterocycles. The number of anilines is 2. The minimum atomic E-state index is -4.61. The fourth-order valence-corrected chi connectivity index (χ4v) is 1.77. The summed E-state index contributed by atoms with van der Waals surface area (Å²) in [6.45, 7) is 1.16. The topological polar surface area (TPSA) is 85.1 Å². The van der Waals surface area contributed by atoms with Gasteiger partial charge in [0.05, 0.1) is 0 Å². The fourth-order valence-electron chi connectivity index (χ4n) is 1.77. The van der Waals surface area contributed by atoms with E-state index >= 15 is 0 Å². The molecule has 106 valence electrons. The van der Waals surface area contributed by atoms with Crippen molar-refractivity contribution in [2.24, 2.45) is 5.84 Å². The van der Waals surface area contributed by atoms with Gasteiger partial charge < -0.3 is 15.5 Å². The van der Waals surface area contributed by atoms with Crippen molar-refractivity contribution >= 4 is 11.6 Å². The van der Waals surface area contributed by atoms with Crippen LogP contribution in [0.3, 0.4) is 0 Å². The molecule has 1 fully saturated rings. The van der Waals surface area contributed by atoms with Crippen LogP contribution in [0.2, 0.25) is 0 Å². The summed E-state index contributed by atoms with van der Waals surface area (Å²) in [5, 5.41) is 2.94. The monoisotopic (exact) mass is 277 g/mol. The van der Waals surface area contributed by atoms with Crippen LogP contribution in [-0.2, 0) is 10.9 Å². The van der Waals surface area contributed by atoms with Gasteiger partial charge in [-0.3, -0.25) is 0 Å². The Morgan fingerprint density at radius 3 is 2.42 bits per heavy atom. The molecule has 1 aromatic rings. The van der Waals surface area contributed by atoms with E-state index in [-0.39, 0.29) is 17.7 Å². The van der Waals surface area contributed by atoms with E-state index in [1.54, 1.807) is 0 Å². The van der Waals surface area contributed by atoms with Gasteiger partial charge in [-0.05, 0) is 12.8 Å². The molecule has 0 atom stereocenters. The Bertz CT molecular complexity index is 434. The summed E-state index contributed by atoms with van der Waals surface area (Å²) in [4.78, 5) is 6.74. The van der Waals surface area contributed by atoms with Gasteiger partial charge in [0.1, 0.15) is 11.6 Å². The van der Waals surface area contributed by atoms with E-state index in [4.69, 9.17) is 10.6 Å². The molecule has 2 heterocycles. The van der Waals surface area contributed by atoms with Crippen LogP contribution in [0.4, 0.5) is 24.8 Å². The van der Waals surface area contributed by atoms with Crippen molar-refractivity contribution in [3.05, 3.63) is 11.9 Å². The van der Waals surface area contributed by atoms with Crippen LogP contribution in [0, 0.1) is 0 Å². The van der Waals surface area contributed by atoms with E-state index in [2.05, 4.69) is 20.7 Å². The minimum absolute atomic E-state index is 0.0374. The van der Waals surface area contributed by atoms with Crippen LogP contribution in [0.5, 0.6) is 0 Å². The average Bonchev–Trinajstić information content (AvgIpc) is 2.38. The van der Waals surface area contributed by atoms with Gasteiger partial charge in [-0.2, -0.15) is 13.2 Å². The molecule has 0 spiro atoms. The van der Waals surface area contributed by atoms with E-state index in [0.29, 0.717) is 13.2 Å². The molecule has 1 aromatic heterocycles. The highest BCUT2D eigenvalue weighted by atomic mass is 19.4. The zero-order valence-electron chi connectivity index (χ0n) is 10.00. The van der Waals surface area contributed by atoms with Crippen molar-refractivity contribution in [2.75, 3.05) is 24.0 Å². The molecule has 0 aliphatic carbocycles. The number of ether oxygens (including phenoxy) is 1. The highest BCUT2D eigenvalue weighted by Crippen LogP contribution is 2.28. The van der Waals surface area contributed by atoms with Gasteiger partial charge in [-0.15, -0.1) is 0 Å². The molecule has 19 heavy (non-hydrogen) atoms. The van der Waals surface area contributed by atoms with E-state index in [9.17, 15) is 13.2 Å². The van der Waals surface area contributed by atoms with E-state index in [1.807, 2.05) is 0 Å². The number of halogens is 3.